The lowest BCUT2D eigenvalue weighted by Crippen LogP contribution is -2.53. The average molecular weight is 590 g/mol. The van der Waals surface area contributed by atoms with Gasteiger partial charge >= 0.3 is 0 Å². The highest BCUT2D eigenvalue weighted by Gasteiger charge is 2.33. The molecule has 1 atom stereocenters. The first kappa shape index (κ1) is 31.3. The molecule has 42 heavy (non-hydrogen) atoms. The SMILES string of the molecule is Cc1ccccc1CN(C(=O)CN(c1ccc(C(C)C)cc1)S(=O)(=O)c1ccccc1)[C@@H](C)C(=O)NC1CCCCC1. The molecule has 0 unspecified atom stereocenters. The standard InChI is InChI=1S/C34H43N3O4S/c1-25(2)28-19-21-31(22-20-28)37(42(40,41)32-17-9-6-10-18-32)24-33(38)36(23-29-14-12-11-13-26(29)3)27(4)34(39)35-30-15-7-5-8-16-30/h6,9-14,17-22,25,27,30H,5,7-8,15-16,23-24H2,1-4H3,(H,35,39)/t27-/m0/s1. The maximum atomic E-state index is 14.2. The zero-order valence-electron chi connectivity index (χ0n) is 25.1. The van der Waals surface area contributed by atoms with Gasteiger partial charge in [-0.1, -0.05) is 87.7 Å². The van der Waals surface area contributed by atoms with E-state index in [-0.39, 0.29) is 29.3 Å². The van der Waals surface area contributed by atoms with Crippen molar-refractivity contribution in [3.63, 3.8) is 0 Å². The zero-order valence-corrected chi connectivity index (χ0v) is 25.9. The van der Waals surface area contributed by atoms with E-state index in [1.54, 1.807) is 37.3 Å². The van der Waals surface area contributed by atoms with Crippen molar-refractivity contribution in [3.8, 4) is 0 Å². The van der Waals surface area contributed by atoms with Crippen LogP contribution < -0.4 is 9.62 Å². The van der Waals surface area contributed by atoms with Gasteiger partial charge in [0.05, 0.1) is 10.6 Å². The summed E-state index contributed by atoms with van der Waals surface area (Å²) in [4.78, 5) is 29.3. The highest BCUT2D eigenvalue weighted by molar-refractivity contribution is 7.92. The summed E-state index contributed by atoms with van der Waals surface area (Å²) in [5.41, 5.74) is 3.36. The molecule has 0 bridgehead atoms. The van der Waals surface area contributed by atoms with E-state index in [0.29, 0.717) is 5.69 Å². The molecule has 3 aromatic rings. The van der Waals surface area contributed by atoms with Crippen LogP contribution in [0.5, 0.6) is 0 Å². The first-order chi connectivity index (χ1) is 20.1. The Morgan fingerprint density at radius 3 is 2.10 bits per heavy atom. The lowest BCUT2D eigenvalue weighted by Gasteiger charge is -2.33. The third-order valence-electron chi connectivity index (χ3n) is 8.18. The van der Waals surface area contributed by atoms with Crippen LogP contribution in [-0.4, -0.2) is 43.8 Å². The molecule has 0 saturated heterocycles. The van der Waals surface area contributed by atoms with E-state index in [1.807, 2.05) is 43.3 Å². The molecule has 1 N–H and O–H groups in total. The van der Waals surface area contributed by atoms with Crippen LogP contribution in [0, 0.1) is 6.92 Å². The van der Waals surface area contributed by atoms with Crippen molar-refractivity contribution in [1.29, 1.82) is 0 Å². The maximum Gasteiger partial charge on any atom is 0.264 e. The van der Waals surface area contributed by atoms with Gasteiger partial charge in [0, 0.05) is 12.6 Å². The van der Waals surface area contributed by atoms with Gasteiger partial charge < -0.3 is 10.2 Å². The van der Waals surface area contributed by atoms with Crippen LogP contribution in [0.3, 0.4) is 0 Å². The van der Waals surface area contributed by atoms with Gasteiger partial charge in [0.2, 0.25) is 11.8 Å². The number of rotatable bonds is 11. The minimum Gasteiger partial charge on any atom is -0.352 e. The highest BCUT2D eigenvalue weighted by atomic mass is 32.2. The number of nitrogens with zero attached hydrogens (tertiary/aromatic N) is 2. The van der Waals surface area contributed by atoms with E-state index in [9.17, 15) is 18.0 Å². The molecule has 0 aliphatic heterocycles. The van der Waals surface area contributed by atoms with Gasteiger partial charge in [0.1, 0.15) is 12.6 Å². The van der Waals surface area contributed by atoms with Crippen LogP contribution in [0.2, 0.25) is 0 Å². The predicted molar refractivity (Wildman–Crippen MR) is 168 cm³/mol. The van der Waals surface area contributed by atoms with Gasteiger partial charge in [-0.3, -0.25) is 13.9 Å². The smallest absolute Gasteiger partial charge is 0.264 e. The van der Waals surface area contributed by atoms with Gasteiger partial charge in [-0.25, -0.2) is 8.42 Å². The maximum absolute atomic E-state index is 14.2. The molecule has 1 fully saturated rings. The summed E-state index contributed by atoms with van der Waals surface area (Å²) in [6, 6.07) is 22.4. The van der Waals surface area contributed by atoms with Gasteiger partial charge in [-0.2, -0.15) is 0 Å². The highest BCUT2D eigenvalue weighted by Crippen LogP contribution is 2.27. The summed E-state index contributed by atoms with van der Waals surface area (Å²) in [7, 11) is -4.08. The predicted octanol–water partition coefficient (Wildman–Crippen LogP) is 6.18. The Bertz CT molecular complexity index is 1450. The number of aryl methyl sites for hydroxylation is 1. The van der Waals surface area contributed by atoms with Crippen LogP contribution in [0.15, 0.2) is 83.8 Å². The Kier molecular flexibility index (Phi) is 10.4. The Hall–Kier alpha value is -3.65. The topological polar surface area (TPSA) is 86.8 Å². The number of carbonyl (C=O) groups excluding carboxylic acids is 2. The molecule has 0 spiro atoms. The molecule has 8 heteroatoms. The van der Waals surface area contributed by atoms with Crippen molar-refractivity contribution in [2.75, 3.05) is 10.8 Å². The Balaban J connectivity index is 1.68. The van der Waals surface area contributed by atoms with Gasteiger partial charge in [0.15, 0.2) is 0 Å². The molecule has 7 nitrogen and oxygen atoms in total. The number of hydrogen-bond donors (Lipinski definition) is 1. The van der Waals surface area contributed by atoms with Crippen molar-refractivity contribution in [3.05, 3.63) is 95.6 Å². The Labute approximate surface area is 251 Å². The number of benzene rings is 3. The molecular weight excluding hydrogens is 546 g/mol. The molecule has 0 heterocycles. The molecule has 0 radical (unpaired) electrons. The fourth-order valence-electron chi connectivity index (χ4n) is 5.40. The second-order valence-corrected chi connectivity index (χ2v) is 13.4. The van der Waals surface area contributed by atoms with Crippen LogP contribution in [0.1, 0.15) is 75.5 Å². The lowest BCUT2D eigenvalue weighted by molar-refractivity contribution is -0.139. The van der Waals surface area contributed by atoms with Gasteiger partial charge in [-0.05, 0) is 73.6 Å². The summed E-state index contributed by atoms with van der Waals surface area (Å²) < 4.78 is 29.1. The van der Waals surface area contributed by atoms with E-state index in [2.05, 4.69) is 19.2 Å². The van der Waals surface area contributed by atoms with Gasteiger partial charge in [-0.15, -0.1) is 0 Å². The molecular formula is C34H43N3O4S. The van der Waals surface area contributed by atoms with Crippen LogP contribution in [0.25, 0.3) is 0 Å². The van der Waals surface area contributed by atoms with E-state index < -0.39 is 28.5 Å². The number of hydrogen-bond acceptors (Lipinski definition) is 4. The van der Waals surface area contributed by atoms with E-state index >= 15 is 0 Å². The Morgan fingerprint density at radius 2 is 1.48 bits per heavy atom. The minimum absolute atomic E-state index is 0.0959. The van der Waals surface area contributed by atoms with Crippen LogP contribution in [0.4, 0.5) is 5.69 Å². The molecule has 1 saturated carbocycles. The third-order valence-corrected chi connectivity index (χ3v) is 9.97. The largest absolute Gasteiger partial charge is 0.352 e. The summed E-state index contributed by atoms with van der Waals surface area (Å²) in [5, 5.41) is 3.15. The van der Waals surface area contributed by atoms with Crippen LogP contribution >= 0.6 is 0 Å². The van der Waals surface area contributed by atoms with Crippen molar-refractivity contribution in [2.45, 2.75) is 89.2 Å². The first-order valence-electron chi connectivity index (χ1n) is 14.9. The van der Waals surface area contributed by atoms with Crippen molar-refractivity contribution < 1.29 is 18.0 Å². The monoisotopic (exact) mass is 589 g/mol. The normalized spacial score (nSPS) is 14.8. The number of amides is 2. The van der Waals surface area contributed by atoms with E-state index in [4.69, 9.17) is 0 Å². The summed E-state index contributed by atoms with van der Waals surface area (Å²) >= 11 is 0. The third kappa shape index (κ3) is 7.59. The zero-order chi connectivity index (χ0) is 30.3. The first-order valence-corrected chi connectivity index (χ1v) is 16.3. The van der Waals surface area contributed by atoms with E-state index in [1.165, 1.54) is 23.5 Å². The Morgan fingerprint density at radius 1 is 0.857 bits per heavy atom. The summed E-state index contributed by atoms with van der Waals surface area (Å²) in [6.45, 7) is 7.58. The van der Waals surface area contributed by atoms with Crippen molar-refractivity contribution in [2.24, 2.45) is 0 Å². The second-order valence-electron chi connectivity index (χ2n) is 11.5. The summed E-state index contributed by atoms with van der Waals surface area (Å²) in [5.74, 6) is -0.396. The fraction of sp³-hybridized carbons (Fsp3) is 0.412. The fourth-order valence-corrected chi connectivity index (χ4v) is 6.83. The molecule has 224 valence electrons. The molecule has 4 rings (SSSR count). The average Bonchev–Trinajstić information content (AvgIpc) is 3.00. The molecule has 2 amide bonds. The number of nitrogens with one attached hydrogen (secondary N) is 1. The molecule has 1 aliphatic rings. The van der Waals surface area contributed by atoms with Crippen molar-refractivity contribution in [1.82, 2.24) is 10.2 Å². The minimum atomic E-state index is -4.08. The number of sulfonamides is 1. The molecule has 1 aliphatic carbocycles. The van der Waals surface area contributed by atoms with Crippen molar-refractivity contribution >= 4 is 27.5 Å². The number of carbonyl (C=O) groups is 2. The summed E-state index contributed by atoms with van der Waals surface area (Å²) in [6.07, 6.45) is 5.18. The van der Waals surface area contributed by atoms with Gasteiger partial charge in [0.25, 0.3) is 10.0 Å². The molecule has 0 aromatic heterocycles. The second kappa shape index (κ2) is 14.0. The van der Waals surface area contributed by atoms with E-state index in [0.717, 1.165) is 46.7 Å². The molecule has 3 aromatic carbocycles. The van der Waals surface area contributed by atoms with Crippen LogP contribution in [-0.2, 0) is 26.2 Å². The quantitative estimate of drug-likeness (QED) is 0.289. The number of anilines is 1. The lowest BCUT2D eigenvalue weighted by atomic mass is 9.95.